The number of nitrogens with zero attached hydrogens (tertiary/aromatic N) is 9. The fourth-order valence-corrected chi connectivity index (χ4v) is 2.50. The van der Waals surface area contributed by atoms with Gasteiger partial charge in [0, 0.05) is 0 Å². The average molecular weight is 261 g/mol. The lowest BCUT2D eigenvalue weighted by Crippen LogP contribution is -2.73. The van der Waals surface area contributed by atoms with Gasteiger partial charge in [-0.25, -0.2) is 0 Å². The molecule has 1 heterocycles. The topological polar surface area (TPSA) is 107 Å². The van der Waals surface area contributed by atoms with Gasteiger partial charge in [0.1, 0.15) is 0 Å². The van der Waals surface area contributed by atoms with E-state index in [9.17, 15) is 0 Å². The first-order valence-corrected chi connectivity index (χ1v) is 6.32. The van der Waals surface area contributed by atoms with E-state index in [1.54, 1.807) is 11.8 Å². The highest BCUT2D eigenvalue weighted by atomic mass is 15.4. The molecule has 0 aromatic heterocycles. The average Bonchev–Trinajstić information content (AvgIpc) is 2.40. The zero-order valence-corrected chi connectivity index (χ0v) is 11.9. The molecule has 1 rings (SSSR count). The molecule has 0 aliphatic carbocycles. The lowest BCUT2D eigenvalue weighted by atomic mass is 9.50. The Morgan fingerprint density at radius 2 is 1.42 bits per heavy atom. The Kier molecular flexibility index (Phi) is 6.07. The molecule has 100 valence electrons. The number of hydrogen-bond donors (Lipinski definition) is 0. The zero-order valence-electron chi connectivity index (χ0n) is 11.9. The van der Waals surface area contributed by atoms with E-state index >= 15 is 0 Å². The van der Waals surface area contributed by atoms with Crippen LogP contribution in [0.4, 0.5) is 0 Å². The van der Waals surface area contributed by atoms with Gasteiger partial charge in [0.15, 0.2) is 0 Å². The lowest BCUT2D eigenvalue weighted by Gasteiger charge is -2.47. The van der Waals surface area contributed by atoms with Gasteiger partial charge in [-0.3, -0.25) is 0 Å². The summed E-state index contributed by atoms with van der Waals surface area (Å²) in [5.41, 5.74) is 17.4. The first-order chi connectivity index (χ1) is 9.08. The molecular weight excluding hydrogens is 243 g/mol. The van der Waals surface area contributed by atoms with Crippen molar-refractivity contribution in [2.75, 3.05) is 21.1 Å². The Labute approximate surface area is 114 Å². The highest BCUT2D eigenvalue weighted by Crippen LogP contribution is 2.20. The molecule has 0 aromatic rings. The van der Waals surface area contributed by atoms with Crippen molar-refractivity contribution in [1.82, 2.24) is 14.2 Å². The Hall–Kier alpha value is -1.31. The largest absolute Gasteiger partial charge is 0.387 e. The maximum absolute atomic E-state index is 8.69. The van der Waals surface area contributed by atoms with Crippen molar-refractivity contribution in [2.45, 2.75) is 26.1 Å². The molecule has 0 saturated carbocycles. The van der Waals surface area contributed by atoms with E-state index in [1.807, 2.05) is 23.5 Å². The highest BCUT2D eigenvalue weighted by molar-refractivity contribution is 6.84. The monoisotopic (exact) mass is 261 g/mol. The van der Waals surface area contributed by atoms with Gasteiger partial charge in [0.2, 0.25) is 0 Å². The highest BCUT2D eigenvalue weighted by Gasteiger charge is 2.47. The standard InChI is InChI=1S/C7H18B3N9/c1-5-6-7-8-17(2)9(13-15-11)19(4)10(14-16-12)18(8)3/h5-7H2,1-4H3. The summed E-state index contributed by atoms with van der Waals surface area (Å²) >= 11 is 0. The molecule has 1 fully saturated rings. The molecule has 0 amide bonds. The van der Waals surface area contributed by atoms with Crippen LogP contribution in [0.15, 0.2) is 10.1 Å². The molecule has 19 heavy (non-hydrogen) atoms. The molecule has 0 bridgehead atoms. The Bertz CT molecular complexity index is 361. The van der Waals surface area contributed by atoms with Crippen molar-refractivity contribution in [3.05, 3.63) is 20.9 Å². The minimum atomic E-state index is -0.446. The third-order valence-electron chi connectivity index (χ3n) is 3.52. The first kappa shape index (κ1) is 15.8. The van der Waals surface area contributed by atoms with Gasteiger partial charge in [0.05, 0.1) is 0 Å². The number of hydrogen-bond acceptors (Lipinski definition) is 5. The second kappa shape index (κ2) is 7.32. The van der Waals surface area contributed by atoms with E-state index in [-0.39, 0.29) is 6.98 Å². The summed E-state index contributed by atoms with van der Waals surface area (Å²) in [5.74, 6) is 0. The van der Waals surface area contributed by atoms with Gasteiger partial charge in [-0.2, -0.15) is 0 Å². The minimum absolute atomic E-state index is 0.0853. The maximum Gasteiger partial charge on any atom is 0.387 e. The smallest absolute Gasteiger partial charge is 0.356 e. The van der Waals surface area contributed by atoms with Crippen molar-refractivity contribution in [1.29, 1.82) is 0 Å². The Balaban J connectivity index is 3.03. The Morgan fingerprint density at radius 3 is 1.79 bits per heavy atom. The SMILES string of the molecule is CCCCB1N(C)B(N=[N+]=[N-])N(C)B(N=[N+]=[N-])N1C. The van der Waals surface area contributed by atoms with Crippen molar-refractivity contribution in [3.63, 3.8) is 0 Å². The molecule has 0 spiro atoms. The van der Waals surface area contributed by atoms with Gasteiger partial charge >= 0.3 is 14.2 Å². The fraction of sp³-hybridized carbons (Fsp3) is 1.00. The van der Waals surface area contributed by atoms with Crippen molar-refractivity contribution in [2.24, 2.45) is 10.1 Å². The predicted octanol–water partition coefficient (Wildman–Crippen LogP) is 1.67. The van der Waals surface area contributed by atoms with Crippen LogP contribution < -0.4 is 0 Å². The van der Waals surface area contributed by atoms with Crippen LogP contribution in [0.3, 0.4) is 0 Å². The van der Waals surface area contributed by atoms with Crippen LogP contribution in [0.5, 0.6) is 0 Å². The fourth-order valence-electron chi connectivity index (χ4n) is 2.50. The van der Waals surface area contributed by atoms with E-state index in [2.05, 4.69) is 26.8 Å². The van der Waals surface area contributed by atoms with Crippen molar-refractivity contribution < 1.29 is 0 Å². The summed E-state index contributed by atoms with van der Waals surface area (Å²) in [4.78, 5) is 5.77. The van der Waals surface area contributed by atoms with Crippen LogP contribution in [0, 0.1) is 0 Å². The molecule has 0 aromatic carbocycles. The van der Waals surface area contributed by atoms with Crippen LogP contribution >= 0.6 is 0 Å². The number of unbranched alkanes of at least 4 members (excludes halogenated alkanes) is 1. The van der Waals surface area contributed by atoms with E-state index in [0.717, 1.165) is 19.2 Å². The molecule has 9 nitrogen and oxygen atoms in total. The van der Waals surface area contributed by atoms with E-state index in [4.69, 9.17) is 11.1 Å². The van der Waals surface area contributed by atoms with Gasteiger partial charge in [-0.15, -0.1) is 10.1 Å². The number of azide groups is 2. The molecule has 0 unspecified atom stereocenters. The minimum Gasteiger partial charge on any atom is -0.356 e. The number of rotatable bonds is 5. The Morgan fingerprint density at radius 1 is 0.947 bits per heavy atom. The van der Waals surface area contributed by atoms with Crippen LogP contribution in [-0.4, -0.2) is 56.5 Å². The quantitative estimate of drug-likeness (QED) is 0.325. The molecular formula is C7H18B3N9. The van der Waals surface area contributed by atoms with Gasteiger partial charge < -0.3 is 14.2 Å². The van der Waals surface area contributed by atoms with Gasteiger partial charge in [-0.05, 0) is 48.3 Å². The van der Waals surface area contributed by atoms with E-state index in [0.29, 0.717) is 0 Å². The normalized spacial score (nSPS) is 18.2. The van der Waals surface area contributed by atoms with Crippen LogP contribution in [-0.2, 0) is 0 Å². The first-order valence-electron chi connectivity index (χ1n) is 6.32. The van der Waals surface area contributed by atoms with Crippen molar-refractivity contribution >= 4 is 21.2 Å². The van der Waals surface area contributed by atoms with E-state index in [1.165, 1.54) is 0 Å². The molecule has 12 heteroatoms. The van der Waals surface area contributed by atoms with Gasteiger partial charge in [-0.1, -0.05) is 19.8 Å². The maximum atomic E-state index is 8.69. The third-order valence-corrected chi connectivity index (χ3v) is 3.52. The molecule has 1 aliphatic heterocycles. The summed E-state index contributed by atoms with van der Waals surface area (Å²) in [7, 11) is 4.72. The summed E-state index contributed by atoms with van der Waals surface area (Å²) in [6.45, 7) is 2.22. The third kappa shape index (κ3) is 3.37. The second-order valence-electron chi connectivity index (χ2n) is 4.72. The summed E-state index contributed by atoms with van der Waals surface area (Å²) < 4.78 is 5.75. The zero-order chi connectivity index (χ0) is 14.4. The molecule has 0 radical (unpaired) electrons. The van der Waals surface area contributed by atoms with Crippen molar-refractivity contribution in [3.8, 4) is 0 Å². The molecule has 0 N–H and O–H groups in total. The van der Waals surface area contributed by atoms with E-state index < -0.39 is 14.2 Å². The molecule has 1 aliphatic rings. The molecule has 0 atom stereocenters. The van der Waals surface area contributed by atoms with Gasteiger partial charge in [0.25, 0.3) is 6.98 Å². The second-order valence-corrected chi connectivity index (χ2v) is 4.72. The summed E-state index contributed by atoms with van der Waals surface area (Å²) in [6, 6.07) is 0. The summed E-state index contributed by atoms with van der Waals surface area (Å²) in [5, 5.41) is 7.59. The summed E-state index contributed by atoms with van der Waals surface area (Å²) in [6.07, 6.45) is 3.09. The lowest BCUT2D eigenvalue weighted by molar-refractivity contribution is 0.523. The van der Waals surface area contributed by atoms with Crippen LogP contribution in [0.25, 0.3) is 20.9 Å². The van der Waals surface area contributed by atoms with Crippen LogP contribution in [0.1, 0.15) is 19.8 Å². The van der Waals surface area contributed by atoms with Crippen LogP contribution in [0.2, 0.25) is 6.32 Å². The predicted molar refractivity (Wildman–Crippen MR) is 78.6 cm³/mol. The molecule has 1 saturated heterocycles.